The number of rotatable bonds is 4. The molecule has 0 amide bonds. The third-order valence-corrected chi connectivity index (χ3v) is 5.00. The van der Waals surface area contributed by atoms with Crippen molar-refractivity contribution in [3.05, 3.63) is 58.7 Å². The molecular weight excluding hydrogens is 357 g/mol. The van der Waals surface area contributed by atoms with Crippen LogP contribution in [0.15, 0.2) is 28.8 Å². The van der Waals surface area contributed by atoms with Gasteiger partial charge in [-0.3, -0.25) is 0 Å². The maximum atomic E-state index is 13.1. The first-order valence-corrected chi connectivity index (χ1v) is 8.39. The van der Waals surface area contributed by atoms with E-state index in [4.69, 9.17) is 10.3 Å². The molecule has 138 valence electrons. The number of aryl methyl sites for hydroxylation is 1. The Balaban J connectivity index is 0.00000196. The Morgan fingerprint density at radius 1 is 1.23 bits per heavy atom. The van der Waals surface area contributed by atoms with E-state index >= 15 is 0 Å². The van der Waals surface area contributed by atoms with Gasteiger partial charge in [-0.15, -0.1) is 12.4 Å². The zero-order valence-electron chi connectivity index (χ0n) is 14.7. The van der Waals surface area contributed by atoms with Crippen molar-refractivity contribution in [1.82, 2.24) is 19.9 Å². The van der Waals surface area contributed by atoms with Crippen LogP contribution in [0.1, 0.15) is 47.9 Å². The predicted molar refractivity (Wildman–Crippen MR) is 97.1 cm³/mol. The molecule has 2 N–H and O–H groups in total. The summed E-state index contributed by atoms with van der Waals surface area (Å²) < 4.78 is 20.3. The van der Waals surface area contributed by atoms with Gasteiger partial charge in [0.15, 0.2) is 5.82 Å². The maximum absolute atomic E-state index is 13.1. The van der Waals surface area contributed by atoms with Crippen molar-refractivity contribution in [2.75, 3.05) is 0 Å². The van der Waals surface area contributed by atoms with Gasteiger partial charge < -0.3 is 10.3 Å². The molecule has 1 saturated carbocycles. The van der Waals surface area contributed by atoms with Gasteiger partial charge in [0.05, 0.1) is 23.3 Å². The zero-order chi connectivity index (χ0) is 17.6. The fourth-order valence-corrected chi connectivity index (χ4v) is 3.23. The summed E-state index contributed by atoms with van der Waals surface area (Å²) in [4.78, 5) is 4.49. The van der Waals surface area contributed by atoms with Crippen LogP contribution < -0.4 is 5.73 Å². The average molecular weight is 378 g/mol. The number of benzene rings is 1. The molecular formula is C18H21ClFN5O. The summed E-state index contributed by atoms with van der Waals surface area (Å²) in [6, 6.07) is 6.26. The third-order valence-electron chi connectivity index (χ3n) is 5.00. The summed E-state index contributed by atoms with van der Waals surface area (Å²) in [6.07, 6.45) is 3.39. The van der Waals surface area contributed by atoms with E-state index in [9.17, 15) is 4.39 Å². The van der Waals surface area contributed by atoms with Crippen LogP contribution in [-0.2, 0) is 12.0 Å². The Hall–Kier alpha value is -2.25. The number of hydrogen-bond acceptors (Lipinski definition) is 5. The molecule has 0 bridgehead atoms. The van der Waals surface area contributed by atoms with Crippen molar-refractivity contribution in [2.24, 2.45) is 5.73 Å². The molecule has 0 spiro atoms. The Bertz CT molecular complexity index is 914. The molecule has 0 unspecified atom stereocenters. The monoisotopic (exact) mass is 377 g/mol. The van der Waals surface area contributed by atoms with Crippen LogP contribution in [0.2, 0.25) is 0 Å². The van der Waals surface area contributed by atoms with Crippen molar-refractivity contribution < 1.29 is 8.91 Å². The maximum Gasteiger partial charge on any atom is 0.231 e. The first-order chi connectivity index (χ1) is 12.0. The minimum Gasteiger partial charge on any atom is -0.339 e. The lowest BCUT2D eigenvalue weighted by Gasteiger charge is -2.34. The molecule has 0 radical (unpaired) electrons. The van der Waals surface area contributed by atoms with Crippen molar-refractivity contribution in [3.63, 3.8) is 0 Å². The average Bonchev–Trinajstić information content (AvgIpc) is 3.14. The summed E-state index contributed by atoms with van der Waals surface area (Å²) in [7, 11) is 0. The first-order valence-electron chi connectivity index (χ1n) is 8.39. The van der Waals surface area contributed by atoms with E-state index in [-0.39, 0.29) is 18.2 Å². The molecule has 1 aliphatic rings. The van der Waals surface area contributed by atoms with Crippen LogP contribution in [0.25, 0.3) is 5.69 Å². The van der Waals surface area contributed by atoms with Gasteiger partial charge >= 0.3 is 0 Å². The highest BCUT2D eigenvalue weighted by Crippen LogP contribution is 2.37. The van der Waals surface area contributed by atoms with Crippen LogP contribution in [0.4, 0.5) is 4.39 Å². The lowest BCUT2D eigenvalue weighted by atomic mass is 9.77. The smallest absolute Gasteiger partial charge is 0.231 e. The van der Waals surface area contributed by atoms with E-state index in [1.807, 2.05) is 13.8 Å². The van der Waals surface area contributed by atoms with E-state index in [0.717, 1.165) is 41.9 Å². The van der Waals surface area contributed by atoms with Gasteiger partial charge in [0.25, 0.3) is 0 Å². The van der Waals surface area contributed by atoms with E-state index < -0.39 is 5.54 Å². The molecule has 3 aromatic rings. The Kier molecular flexibility index (Phi) is 4.86. The van der Waals surface area contributed by atoms with E-state index in [2.05, 4.69) is 15.2 Å². The number of aromatic nitrogens is 4. The van der Waals surface area contributed by atoms with Crippen molar-refractivity contribution in [3.8, 4) is 5.69 Å². The van der Waals surface area contributed by atoms with Gasteiger partial charge in [-0.05, 0) is 57.4 Å². The van der Waals surface area contributed by atoms with Gasteiger partial charge in [-0.25, -0.2) is 9.07 Å². The molecule has 0 aliphatic heterocycles. The molecule has 26 heavy (non-hydrogen) atoms. The summed E-state index contributed by atoms with van der Waals surface area (Å²) in [5.41, 5.74) is 9.52. The fraction of sp³-hybridized carbons (Fsp3) is 0.389. The zero-order valence-corrected chi connectivity index (χ0v) is 15.5. The molecule has 2 aromatic heterocycles. The van der Waals surface area contributed by atoms with Crippen LogP contribution in [0.3, 0.4) is 0 Å². The highest BCUT2D eigenvalue weighted by atomic mass is 35.5. The van der Waals surface area contributed by atoms with Crippen LogP contribution in [0.5, 0.6) is 0 Å². The van der Waals surface area contributed by atoms with Crippen molar-refractivity contribution in [2.45, 2.75) is 45.1 Å². The van der Waals surface area contributed by atoms with Crippen LogP contribution in [-0.4, -0.2) is 19.9 Å². The quantitative estimate of drug-likeness (QED) is 0.753. The molecule has 1 aliphatic carbocycles. The standard InChI is InChI=1S/C18H20FN5O.ClH/c1-11-15(10-16-21-17(23-25-16)18(20)8-3-9-18)12(2)24(22-11)14-6-4-13(19)5-7-14;/h4-7H,3,8-10,20H2,1-2H3;1H. The number of hydrogen-bond donors (Lipinski definition) is 1. The van der Waals surface area contributed by atoms with E-state index in [0.29, 0.717) is 18.1 Å². The second-order valence-corrected chi connectivity index (χ2v) is 6.74. The topological polar surface area (TPSA) is 82.8 Å². The SMILES string of the molecule is Cc1nn(-c2ccc(F)cc2)c(C)c1Cc1nc(C2(N)CCC2)no1.Cl. The number of nitrogens with two attached hydrogens (primary N) is 1. The van der Waals surface area contributed by atoms with E-state index in [1.54, 1.807) is 16.8 Å². The third kappa shape index (κ3) is 3.12. The summed E-state index contributed by atoms with van der Waals surface area (Å²) >= 11 is 0. The Morgan fingerprint density at radius 3 is 2.54 bits per heavy atom. The second-order valence-electron chi connectivity index (χ2n) is 6.74. The van der Waals surface area contributed by atoms with Crippen LogP contribution >= 0.6 is 12.4 Å². The predicted octanol–water partition coefficient (Wildman–Crippen LogP) is 3.36. The molecule has 6 nitrogen and oxygen atoms in total. The van der Waals surface area contributed by atoms with Gasteiger partial charge in [0.1, 0.15) is 5.82 Å². The second kappa shape index (κ2) is 6.81. The molecule has 2 heterocycles. The summed E-state index contributed by atoms with van der Waals surface area (Å²) in [6.45, 7) is 3.92. The Labute approximate surface area is 157 Å². The molecule has 0 saturated heterocycles. The summed E-state index contributed by atoms with van der Waals surface area (Å²) in [5.74, 6) is 0.863. The first kappa shape index (κ1) is 18.5. The molecule has 1 fully saturated rings. The Morgan fingerprint density at radius 2 is 1.92 bits per heavy atom. The molecule has 4 rings (SSSR count). The van der Waals surface area contributed by atoms with E-state index in [1.165, 1.54) is 12.1 Å². The van der Waals surface area contributed by atoms with Crippen molar-refractivity contribution >= 4 is 12.4 Å². The molecule has 1 aromatic carbocycles. The van der Waals surface area contributed by atoms with Gasteiger partial charge in [-0.2, -0.15) is 10.1 Å². The molecule has 0 atom stereocenters. The summed E-state index contributed by atoms with van der Waals surface area (Å²) in [5, 5.41) is 8.63. The lowest BCUT2D eigenvalue weighted by Crippen LogP contribution is -2.44. The highest BCUT2D eigenvalue weighted by Gasteiger charge is 2.39. The molecule has 8 heteroatoms. The number of halogens is 2. The van der Waals surface area contributed by atoms with Gasteiger partial charge in [-0.1, -0.05) is 5.16 Å². The normalized spacial score (nSPS) is 15.4. The van der Waals surface area contributed by atoms with Gasteiger partial charge in [0.2, 0.25) is 5.89 Å². The number of nitrogens with zero attached hydrogens (tertiary/aromatic N) is 4. The minimum absolute atomic E-state index is 0. The van der Waals surface area contributed by atoms with Gasteiger partial charge in [0, 0.05) is 11.3 Å². The minimum atomic E-state index is -0.426. The fourth-order valence-electron chi connectivity index (χ4n) is 3.23. The lowest BCUT2D eigenvalue weighted by molar-refractivity contribution is 0.229. The highest BCUT2D eigenvalue weighted by molar-refractivity contribution is 5.85. The van der Waals surface area contributed by atoms with Crippen LogP contribution in [0, 0.1) is 19.7 Å². The largest absolute Gasteiger partial charge is 0.339 e. The van der Waals surface area contributed by atoms with Crippen molar-refractivity contribution in [1.29, 1.82) is 0 Å².